The lowest BCUT2D eigenvalue weighted by Gasteiger charge is -2.37. The van der Waals surface area contributed by atoms with Gasteiger partial charge in [0.05, 0.1) is 5.60 Å². The van der Waals surface area contributed by atoms with E-state index < -0.39 is 18.0 Å². The molecule has 0 spiro atoms. The van der Waals surface area contributed by atoms with Crippen molar-refractivity contribution in [2.75, 3.05) is 0 Å². The molecule has 5 heteroatoms. The van der Waals surface area contributed by atoms with Crippen molar-refractivity contribution in [1.82, 2.24) is 0 Å². The van der Waals surface area contributed by atoms with Gasteiger partial charge in [-0.15, -0.1) is 5.46 Å². The number of aliphatic hydroxyl groups is 1. The highest BCUT2D eigenvalue weighted by atomic mass is 19.4. The third kappa shape index (κ3) is 1.88. The van der Waals surface area contributed by atoms with Crippen molar-refractivity contribution < 1.29 is 18.1 Å². The topological polar surface area (TPSA) is 20.2 Å². The van der Waals surface area contributed by atoms with Crippen LogP contribution in [0.15, 0.2) is 24.3 Å². The second-order valence-electron chi connectivity index (χ2n) is 4.09. The van der Waals surface area contributed by atoms with Gasteiger partial charge in [0.25, 0.3) is 0 Å². The Balaban J connectivity index is 2.35. The Morgan fingerprint density at radius 1 is 1.20 bits per heavy atom. The predicted octanol–water partition coefficient (Wildman–Crippen LogP) is 2.11. The molecule has 82 valence electrons. The third-order valence-corrected chi connectivity index (χ3v) is 2.98. The summed E-state index contributed by atoms with van der Waals surface area (Å²) in [6.45, 7) is -4.97. The van der Waals surface area contributed by atoms with Gasteiger partial charge in [-0.3, -0.25) is 0 Å². The molecule has 1 aromatic rings. The van der Waals surface area contributed by atoms with Crippen LogP contribution in [0.1, 0.15) is 24.8 Å². The van der Waals surface area contributed by atoms with Crippen LogP contribution in [-0.4, -0.2) is 12.1 Å². The fourth-order valence-corrected chi connectivity index (χ4v) is 1.83. The van der Waals surface area contributed by atoms with Crippen molar-refractivity contribution in [2.45, 2.75) is 24.9 Å². The molecule has 0 aliphatic heterocycles. The van der Waals surface area contributed by atoms with E-state index in [4.69, 9.17) is 0 Å². The Morgan fingerprint density at radius 2 is 1.87 bits per heavy atom. The summed E-state index contributed by atoms with van der Waals surface area (Å²) < 4.78 is 37.4. The number of benzene rings is 1. The molecule has 0 bridgehead atoms. The molecule has 0 radical (unpaired) electrons. The zero-order chi connectivity index (χ0) is 11.1. The van der Waals surface area contributed by atoms with Crippen LogP contribution in [0.4, 0.5) is 12.9 Å². The highest BCUT2D eigenvalue weighted by Crippen LogP contribution is 2.40. The maximum atomic E-state index is 12.5. The summed E-state index contributed by atoms with van der Waals surface area (Å²) in [5.41, 5.74) is -1.25. The van der Waals surface area contributed by atoms with Crippen molar-refractivity contribution in [3.8, 4) is 0 Å². The standard InChI is InChI=1S/C10H11BF3O/c12-11(13,14)9-4-1-3-8(7-9)10(15)5-2-6-10/h1,3-4,7,15H,2,5-6H2/q-1. The van der Waals surface area contributed by atoms with Crippen molar-refractivity contribution in [3.63, 3.8) is 0 Å². The monoisotopic (exact) mass is 215 g/mol. The molecule has 0 saturated heterocycles. The average molecular weight is 215 g/mol. The Hall–Kier alpha value is -0.965. The summed E-state index contributed by atoms with van der Waals surface area (Å²) in [5.74, 6) is 0. The summed E-state index contributed by atoms with van der Waals surface area (Å²) in [7, 11) is 0. The lowest BCUT2D eigenvalue weighted by atomic mass is 9.72. The summed E-state index contributed by atoms with van der Waals surface area (Å²) in [5, 5.41) is 9.91. The van der Waals surface area contributed by atoms with E-state index >= 15 is 0 Å². The van der Waals surface area contributed by atoms with Gasteiger partial charge in [-0.1, -0.05) is 24.3 Å². The molecule has 0 aromatic heterocycles. The molecule has 1 aliphatic carbocycles. The molecule has 1 fully saturated rings. The van der Waals surface area contributed by atoms with E-state index in [1.165, 1.54) is 6.07 Å². The Bertz CT molecular complexity index is 371. The molecule has 1 nitrogen and oxygen atoms in total. The first kappa shape index (κ1) is 10.5. The van der Waals surface area contributed by atoms with Crippen molar-refractivity contribution in [1.29, 1.82) is 0 Å². The van der Waals surface area contributed by atoms with Crippen molar-refractivity contribution in [3.05, 3.63) is 29.8 Å². The number of rotatable bonds is 2. The fraction of sp³-hybridized carbons (Fsp3) is 0.400. The first-order valence-corrected chi connectivity index (χ1v) is 4.95. The number of halogens is 3. The Morgan fingerprint density at radius 3 is 2.33 bits per heavy atom. The molecule has 1 aromatic carbocycles. The normalized spacial score (nSPS) is 19.7. The van der Waals surface area contributed by atoms with E-state index in [1.807, 2.05) is 0 Å². The van der Waals surface area contributed by atoms with E-state index in [1.54, 1.807) is 6.07 Å². The first-order valence-electron chi connectivity index (χ1n) is 4.95. The molecule has 1 saturated carbocycles. The predicted molar refractivity (Wildman–Crippen MR) is 52.9 cm³/mol. The van der Waals surface area contributed by atoms with Gasteiger partial charge < -0.3 is 18.1 Å². The minimum Gasteiger partial charge on any atom is -0.445 e. The van der Waals surface area contributed by atoms with Crippen LogP contribution in [0, 0.1) is 0 Å². The van der Waals surface area contributed by atoms with Gasteiger partial charge in [-0.25, -0.2) is 0 Å². The molecule has 15 heavy (non-hydrogen) atoms. The van der Waals surface area contributed by atoms with Gasteiger partial charge in [0.15, 0.2) is 0 Å². The number of hydrogen-bond donors (Lipinski definition) is 1. The minimum absolute atomic E-state index is 0.394. The molecule has 0 unspecified atom stereocenters. The van der Waals surface area contributed by atoms with E-state index in [2.05, 4.69) is 0 Å². The summed E-state index contributed by atoms with van der Waals surface area (Å²) in [6.07, 6.45) is 1.99. The van der Waals surface area contributed by atoms with Crippen LogP contribution >= 0.6 is 0 Å². The molecular formula is C10H11BF3O-. The van der Waals surface area contributed by atoms with Gasteiger partial charge >= 0.3 is 6.98 Å². The van der Waals surface area contributed by atoms with Crippen LogP contribution in [0.2, 0.25) is 0 Å². The summed E-state index contributed by atoms with van der Waals surface area (Å²) in [6, 6.07) is 5.03. The van der Waals surface area contributed by atoms with E-state index in [9.17, 15) is 18.1 Å². The van der Waals surface area contributed by atoms with Crippen LogP contribution in [0.3, 0.4) is 0 Å². The third-order valence-electron chi connectivity index (χ3n) is 2.98. The zero-order valence-corrected chi connectivity index (χ0v) is 8.09. The van der Waals surface area contributed by atoms with Gasteiger partial charge in [0.1, 0.15) is 0 Å². The zero-order valence-electron chi connectivity index (χ0n) is 8.09. The Kier molecular flexibility index (Phi) is 2.30. The van der Waals surface area contributed by atoms with Crippen LogP contribution < -0.4 is 5.46 Å². The quantitative estimate of drug-likeness (QED) is 0.749. The lowest BCUT2D eigenvalue weighted by Crippen LogP contribution is -2.38. The van der Waals surface area contributed by atoms with Crippen LogP contribution in [0.5, 0.6) is 0 Å². The SMILES string of the molecule is OC1(c2cccc([B-](F)(F)F)c2)CCC1. The summed E-state index contributed by atoms with van der Waals surface area (Å²) >= 11 is 0. The molecule has 0 atom stereocenters. The lowest BCUT2D eigenvalue weighted by molar-refractivity contribution is -0.0387. The van der Waals surface area contributed by atoms with Gasteiger partial charge in [-0.05, 0) is 24.8 Å². The molecule has 0 amide bonds. The van der Waals surface area contributed by atoms with Crippen LogP contribution in [-0.2, 0) is 5.60 Å². The average Bonchev–Trinajstić information content (AvgIpc) is 2.13. The maximum absolute atomic E-state index is 12.5. The largest absolute Gasteiger partial charge is 0.509 e. The van der Waals surface area contributed by atoms with Crippen molar-refractivity contribution in [2.24, 2.45) is 0 Å². The van der Waals surface area contributed by atoms with Crippen LogP contribution in [0.25, 0.3) is 0 Å². The first-order chi connectivity index (χ1) is 6.92. The Labute approximate surface area is 86.0 Å². The molecule has 2 rings (SSSR count). The number of hydrogen-bond acceptors (Lipinski definition) is 1. The summed E-state index contributed by atoms with van der Waals surface area (Å²) in [4.78, 5) is 0. The second kappa shape index (κ2) is 3.27. The molecule has 1 aliphatic rings. The van der Waals surface area contributed by atoms with E-state index in [0.29, 0.717) is 18.4 Å². The maximum Gasteiger partial charge on any atom is 0.509 e. The van der Waals surface area contributed by atoms with Gasteiger partial charge in [0, 0.05) is 0 Å². The highest BCUT2D eigenvalue weighted by Gasteiger charge is 2.37. The molecule has 0 heterocycles. The highest BCUT2D eigenvalue weighted by molar-refractivity contribution is 6.73. The molecular weight excluding hydrogens is 204 g/mol. The fourth-order valence-electron chi connectivity index (χ4n) is 1.83. The van der Waals surface area contributed by atoms with E-state index in [-0.39, 0.29) is 0 Å². The van der Waals surface area contributed by atoms with E-state index in [0.717, 1.165) is 18.6 Å². The molecule has 1 N–H and O–H groups in total. The van der Waals surface area contributed by atoms with Crippen molar-refractivity contribution >= 4 is 12.4 Å². The van der Waals surface area contributed by atoms with Gasteiger partial charge in [0.2, 0.25) is 0 Å². The second-order valence-corrected chi connectivity index (χ2v) is 4.09. The van der Waals surface area contributed by atoms with Gasteiger partial charge in [-0.2, -0.15) is 0 Å². The smallest absolute Gasteiger partial charge is 0.445 e. The minimum atomic E-state index is -4.97.